The number of thiophene rings is 1. The van der Waals surface area contributed by atoms with Crippen molar-refractivity contribution < 1.29 is 13.6 Å². The summed E-state index contributed by atoms with van der Waals surface area (Å²) in [5, 5.41) is 6.51. The third kappa shape index (κ3) is 4.20. The Hall–Kier alpha value is -2.82. The van der Waals surface area contributed by atoms with Gasteiger partial charge in [-0.15, -0.1) is 23.7 Å². The van der Waals surface area contributed by atoms with Crippen molar-refractivity contribution in [3.05, 3.63) is 69.2 Å². The van der Waals surface area contributed by atoms with Crippen molar-refractivity contribution in [1.29, 1.82) is 0 Å². The van der Waals surface area contributed by atoms with Crippen LogP contribution in [0.15, 0.2) is 47.3 Å². The number of halogens is 3. The van der Waals surface area contributed by atoms with E-state index in [0.717, 1.165) is 14.4 Å². The van der Waals surface area contributed by atoms with Crippen molar-refractivity contribution in [3.63, 3.8) is 0 Å². The number of amides is 1. The summed E-state index contributed by atoms with van der Waals surface area (Å²) in [7, 11) is 0. The van der Waals surface area contributed by atoms with Crippen LogP contribution in [0.5, 0.6) is 0 Å². The van der Waals surface area contributed by atoms with Gasteiger partial charge in [-0.1, -0.05) is 0 Å². The number of anilines is 1. The molecule has 0 spiro atoms. The lowest BCUT2D eigenvalue weighted by Crippen LogP contribution is -2.26. The van der Waals surface area contributed by atoms with E-state index in [-0.39, 0.29) is 61.3 Å². The normalized spacial score (nSPS) is 13.2. The first-order valence-corrected chi connectivity index (χ1v) is 9.62. The molecule has 1 aliphatic rings. The van der Waals surface area contributed by atoms with Crippen LogP contribution < -0.4 is 16.7 Å². The highest BCUT2D eigenvalue weighted by Crippen LogP contribution is 2.35. The van der Waals surface area contributed by atoms with Crippen LogP contribution in [0.2, 0.25) is 0 Å². The van der Waals surface area contributed by atoms with Crippen molar-refractivity contribution >= 4 is 35.3 Å². The lowest BCUT2D eigenvalue weighted by atomic mass is 10.1. The summed E-state index contributed by atoms with van der Waals surface area (Å²) in [5.74, 6) is -0.688. The summed E-state index contributed by atoms with van der Waals surface area (Å²) in [4.78, 5) is 25.6. The van der Waals surface area contributed by atoms with Crippen LogP contribution in [0.25, 0.3) is 10.4 Å². The molecule has 1 aliphatic heterocycles. The van der Waals surface area contributed by atoms with E-state index < -0.39 is 5.82 Å². The fourth-order valence-corrected chi connectivity index (χ4v) is 4.15. The van der Waals surface area contributed by atoms with Crippen LogP contribution in [0, 0.1) is 5.82 Å². The van der Waals surface area contributed by atoms with Crippen molar-refractivity contribution in [2.24, 2.45) is 5.73 Å². The van der Waals surface area contributed by atoms with Gasteiger partial charge in [0.25, 0.3) is 0 Å². The van der Waals surface area contributed by atoms with Crippen LogP contribution in [0.4, 0.5) is 14.5 Å². The quantitative estimate of drug-likeness (QED) is 0.600. The zero-order chi connectivity index (χ0) is 20.5. The Morgan fingerprint density at radius 1 is 1.33 bits per heavy atom. The molecule has 7 nitrogen and oxygen atoms in total. The molecule has 30 heavy (non-hydrogen) atoms. The van der Waals surface area contributed by atoms with Crippen molar-refractivity contribution in [2.45, 2.75) is 19.5 Å². The van der Waals surface area contributed by atoms with Gasteiger partial charge in [0.1, 0.15) is 12.1 Å². The Bertz CT molecular complexity index is 1180. The van der Waals surface area contributed by atoms with E-state index in [0.29, 0.717) is 17.5 Å². The molecular formula is C19H18ClF2N5O2S. The lowest BCUT2D eigenvalue weighted by Gasteiger charge is -2.04. The van der Waals surface area contributed by atoms with E-state index in [4.69, 9.17) is 5.73 Å². The Morgan fingerprint density at radius 3 is 2.87 bits per heavy atom. The maximum absolute atomic E-state index is 14.3. The number of carbonyl (C=O) groups excluding carboxylic acids is 1. The number of fused-ring (bicyclic) bond motifs is 1. The Balaban J connectivity index is 0.00000256. The maximum atomic E-state index is 14.3. The van der Waals surface area contributed by atoms with Crippen LogP contribution in [-0.4, -0.2) is 26.8 Å². The van der Waals surface area contributed by atoms with Gasteiger partial charge in [-0.3, -0.25) is 9.36 Å². The van der Waals surface area contributed by atoms with Gasteiger partial charge in [-0.2, -0.15) is 5.10 Å². The van der Waals surface area contributed by atoms with Crippen LogP contribution in [0.3, 0.4) is 0 Å². The van der Waals surface area contributed by atoms with Crippen LogP contribution >= 0.6 is 23.7 Å². The van der Waals surface area contributed by atoms with Gasteiger partial charge >= 0.3 is 5.69 Å². The van der Waals surface area contributed by atoms with E-state index in [1.807, 2.05) is 12.1 Å². The van der Waals surface area contributed by atoms with Gasteiger partial charge in [0.2, 0.25) is 5.91 Å². The van der Waals surface area contributed by atoms with Crippen LogP contribution in [0.1, 0.15) is 10.4 Å². The second-order valence-electron chi connectivity index (χ2n) is 6.65. The number of nitrogens with zero attached hydrogens (tertiary/aromatic N) is 3. The van der Waals surface area contributed by atoms with Crippen LogP contribution in [-0.2, 0) is 24.3 Å². The molecule has 2 aromatic heterocycles. The van der Waals surface area contributed by atoms with Gasteiger partial charge < -0.3 is 11.1 Å². The summed E-state index contributed by atoms with van der Waals surface area (Å²) in [6, 6.07) is 6.89. The van der Waals surface area contributed by atoms with E-state index in [1.54, 1.807) is 6.07 Å². The zero-order valence-corrected chi connectivity index (χ0v) is 17.2. The average Bonchev–Trinajstić information content (AvgIpc) is 3.40. The SMILES string of the molecule is Cl.NC/C(=C\F)Cn1ncn(Cc2ccc(-c3cc(F)c4c(c3)CC(=O)N4)s2)c1=O. The molecule has 0 saturated carbocycles. The lowest BCUT2D eigenvalue weighted by molar-refractivity contribution is -0.115. The number of nitrogens with one attached hydrogen (secondary N) is 1. The smallest absolute Gasteiger partial charge is 0.327 e. The molecule has 1 amide bonds. The molecule has 11 heteroatoms. The van der Waals surface area contributed by atoms with Crippen molar-refractivity contribution in [1.82, 2.24) is 14.3 Å². The number of rotatable bonds is 6. The Kier molecular flexibility index (Phi) is 6.49. The van der Waals surface area contributed by atoms with E-state index in [1.165, 1.54) is 28.3 Å². The van der Waals surface area contributed by atoms with E-state index in [2.05, 4.69) is 10.4 Å². The summed E-state index contributed by atoms with van der Waals surface area (Å²) < 4.78 is 29.5. The summed E-state index contributed by atoms with van der Waals surface area (Å²) in [6.45, 7) is 0.284. The monoisotopic (exact) mass is 453 g/mol. The minimum atomic E-state index is -0.465. The number of benzene rings is 1. The predicted octanol–water partition coefficient (Wildman–Crippen LogP) is 2.69. The second kappa shape index (κ2) is 8.90. The molecule has 0 aliphatic carbocycles. The highest BCUT2D eigenvalue weighted by molar-refractivity contribution is 7.15. The molecule has 4 rings (SSSR count). The minimum Gasteiger partial charge on any atom is -0.327 e. The number of hydrogen-bond donors (Lipinski definition) is 2. The standard InChI is InChI=1S/C19H17F2N5O2S.ClH/c20-6-11(7-22)8-26-19(28)25(10-23-26)9-14-1-2-16(29-14)12-3-13-5-17(27)24-18(13)15(21)4-12;/h1-4,6,10H,5,7-9,22H2,(H,24,27);1H/b11-6+;. The molecule has 1 aromatic carbocycles. The Morgan fingerprint density at radius 2 is 2.13 bits per heavy atom. The summed E-state index contributed by atoms with van der Waals surface area (Å²) in [6.07, 6.45) is 1.93. The van der Waals surface area contributed by atoms with E-state index in [9.17, 15) is 18.4 Å². The molecule has 0 bridgehead atoms. The predicted molar refractivity (Wildman–Crippen MR) is 113 cm³/mol. The van der Waals surface area contributed by atoms with Gasteiger partial charge in [0.05, 0.1) is 31.5 Å². The molecule has 3 aromatic rings. The maximum Gasteiger partial charge on any atom is 0.346 e. The zero-order valence-electron chi connectivity index (χ0n) is 15.6. The summed E-state index contributed by atoms with van der Waals surface area (Å²) in [5.41, 5.74) is 6.86. The fraction of sp³-hybridized carbons (Fsp3) is 0.211. The molecule has 3 heterocycles. The molecule has 3 N–H and O–H groups in total. The molecule has 0 unspecified atom stereocenters. The fourth-order valence-electron chi connectivity index (χ4n) is 3.15. The molecule has 0 fully saturated rings. The number of carbonyl (C=O) groups is 1. The highest BCUT2D eigenvalue weighted by atomic mass is 35.5. The molecular weight excluding hydrogens is 436 g/mol. The van der Waals surface area contributed by atoms with Crippen molar-refractivity contribution in [3.8, 4) is 10.4 Å². The van der Waals surface area contributed by atoms with Gasteiger partial charge in [0.15, 0.2) is 0 Å². The van der Waals surface area contributed by atoms with Gasteiger partial charge in [-0.05, 0) is 41.0 Å². The minimum absolute atomic E-state index is 0. The van der Waals surface area contributed by atoms with E-state index >= 15 is 0 Å². The third-order valence-corrected chi connectivity index (χ3v) is 5.75. The average molecular weight is 454 g/mol. The first kappa shape index (κ1) is 21.9. The molecule has 0 atom stereocenters. The number of aromatic nitrogens is 3. The number of nitrogens with two attached hydrogens (primary N) is 1. The second-order valence-corrected chi connectivity index (χ2v) is 7.82. The number of hydrogen-bond acceptors (Lipinski definition) is 5. The first-order chi connectivity index (χ1) is 14.0. The highest BCUT2D eigenvalue weighted by Gasteiger charge is 2.22. The van der Waals surface area contributed by atoms with Gasteiger partial charge in [-0.25, -0.2) is 18.3 Å². The van der Waals surface area contributed by atoms with Crippen molar-refractivity contribution in [2.75, 3.05) is 11.9 Å². The molecule has 0 radical (unpaired) electrons. The Labute approximate surface area is 180 Å². The topological polar surface area (TPSA) is 94.9 Å². The summed E-state index contributed by atoms with van der Waals surface area (Å²) >= 11 is 1.42. The molecule has 158 valence electrons. The third-order valence-electron chi connectivity index (χ3n) is 4.63. The first-order valence-electron chi connectivity index (χ1n) is 8.80. The van der Waals surface area contributed by atoms with Gasteiger partial charge in [0, 0.05) is 16.3 Å². The largest absolute Gasteiger partial charge is 0.346 e. The molecule has 0 saturated heterocycles.